The first-order valence-corrected chi connectivity index (χ1v) is 9.12. The highest BCUT2D eigenvalue weighted by atomic mass is 79.9. The molecule has 0 bridgehead atoms. The van der Waals surface area contributed by atoms with Crippen molar-refractivity contribution in [3.8, 4) is 11.3 Å². The van der Waals surface area contributed by atoms with Crippen molar-refractivity contribution < 1.29 is 4.74 Å². The van der Waals surface area contributed by atoms with E-state index in [0.29, 0.717) is 17.0 Å². The minimum atomic E-state index is -0.111. The predicted molar refractivity (Wildman–Crippen MR) is 92.4 cm³/mol. The van der Waals surface area contributed by atoms with Gasteiger partial charge in [-0.3, -0.25) is 0 Å². The quantitative estimate of drug-likeness (QED) is 0.594. The Kier molecular flexibility index (Phi) is 4.98. The topological polar surface area (TPSA) is 70.1 Å². The van der Waals surface area contributed by atoms with Crippen LogP contribution < -0.4 is 0 Å². The summed E-state index contributed by atoms with van der Waals surface area (Å²) < 4.78 is 9.72. The highest BCUT2D eigenvalue weighted by Crippen LogP contribution is 2.30. The maximum atomic E-state index is 5.57. The van der Waals surface area contributed by atoms with Crippen LogP contribution in [0.1, 0.15) is 27.0 Å². The number of halogens is 1. The van der Waals surface area contributed by atoms with Crippen LogP contribution in [0.25, 0.3) is 16.9 Å². The normalized spacial score (nSPS) is 12.9. The summed E-state index contributed by atoms with van der Waals surface area (Å²) in [7, 11) is 0. The zero-order valence-corrected chi connectivity index (χ0v) is 15.5. The molecule has 122 valence electrons. The third-order valence-electron chi connectivity index (χ3n) is 3.25. The Morgan fingerprint density at radius 2 is 2.17 bits per heavy atom. The van der Waals surface area contributed by atoms with Crippen LogP contribution in [0.5, 0.6) is 0 Å². The molecule has 0 radical (unpaired) electrons. The lowest BCUT2D eigenvalue weighted by Crippen LogP contribution is -2.09. The molecule has 7 nitrogen and oxygen atoms in total. The molecule has 0 aliphatic carbocycles. The molecule has 0 aliphatic heterocycles. The SMILES string of the molecule is CCOC(C)n1cc(-c2ncc3nc(Br)nn3c2SCC)cn1. The Balaban J connectivity index is 2.06. The van der Waals surface area contributed by atoms with Crippen LogP contribution in [0.3, 0.4) is 0 Å². The van der Waals surface area contributed by atoms with E-state index in [1.165, 1.54) is 0 Å². The Morgan fingerprint density at radius 3 is 2.91 bits per heavy atom. The second-order valence-electron chi connectivity index (χ2n) is 4.76. The Hall–Kier alpha value is -1.45. The summed E-state index contributed by atoms with van der Waals surface area (Å²) in [4.78, 5) is 8.87. The molecule has 0 amide bonds. The molecule has 0 fully saturated rings. The first-order chi connectivity index (χ1) is 11.1. The maximum Gasteiger partial charge on any atom is 0.218 e. The van der Waals surface area contributed by atoms with E-state index in [1.807, 2.05) is 24.6 Å². The summed E-state index contributed by atoms with van der Waals surface area (Å²) >= 11 is 4.99. The zero-order chi connectivity index (χ0) is 16.4. The smallest absolute Gasteiger partial charge is 0.218 e. The molecule has 9 heteroatoms. The molecule has 3 aromatic rings. The van der Waals surface area contributed by atoms with E-state index in [4.69, 9.17) is 4.74 Å². The minimum Gasteiger partial charge on any atom is -0.357 e. The predicted octanol–water partition coefficient (Wildman–Crippen LogP) is 3.42. The number of rotatable bonds is 6. The number of fused-ring (bicyclic) bond motifs is 1. The number of thioether (sulfide) groups is 1. The van der Waals surface area contributed by atoms with Gasteiger partial charge in [-0.25, -0.2) is 14.2 Å². The van der Waals surface area contributed by atoms with E-state index in [9.17, 15) is 0 Å². The van der Waals surface area contributed by atoms with Crippen LogP contribution in [0.15, 0.2) is 28.4 Å². The third kappa shape index (κ3) is 3.26. The van der Waals surface area contributed by atoms with E-state index in [1.54, 1.807) is 28.8 Å². The summed E-state index contributed by atoms with van der Waals surface area (Å²) in [5, 5.41) is 9.73. The van der Waals surface area contributed by atoms with Crippen LogP contribution in [-0.2, 0) is 4.74 Å². The molecule has 3 aromatic heterocycles. The van der Waals surface area contributed by atoms with Gasteiger partial charge in [-0.15, -0.1) is 16.9 Å². The number of nitrogens with zero attached hydrogens (tertiary/aromatic N) is 6. The van der Waals surface area contributed by atoms with Crippen molar-refractivity contribution in [1.82, 2.24) is 29.4 Å². The van der Waals surface area contributed by atoms with Gasteiger partial charge in [-0.1, -0.05) is 6.92 Å². The van der Waals surface area contributed by atoms with Crippen molar-refractivity contribution in [2.45, 2.75) is 32.0 Å². The van der Waals surface area contributed by atoms with Crippen molar-refractivity contribution in [2.24, 2.45) is 0 Å². The zero-order valence-electron chi connectivity index (χ0n) is 13.1. The minimum absolute atomic E-state index is 0.111. The lowest BCUT2D eigenvalue weighted by atomic mass is 10.3. The number of hydrogen-bond donors (Lipinski definition) is 0. The fraction of sp³-hybridized carbons (Fsp3) is 0.429. The average molecular weight is 397 g/mol. The summed E-state index contributed by atoms with van der Waals surface area (Å²) in [6.07, 6.45) is 5.35. The van der Waals surface area contributed by atoms with Gasteiger partial charge in [0.2, 0.25) is 4.73 Å². The van der Waals surface area contributed by atoms with Crippen molar-refractivity contribution in [3.63, 3.8) is 0 Å². The molecule has 0 saturated heterocycles. The first kappa shape index (κ1) is 16.4. The standard InChI is InChI=1S/C14H17BrN6OS/c1-4-22-9(3)20-8-10(6-17-20)12-13(23-5-2)21-11(7-16-12)18-14(15)19-21/h6-9H,4-5H2,1-3H3. The van der Waals surface area contributed by atoms with Gasteiger partial charge in [0.25, 0.3) is 0 Å². The highest BCUT2D eigenvalue weighted by molar-refractivity contribution is 9.10. The Morgan fingerprint density at radius 1 is 1.35 bits per heavy atom. The molecule has 3 rings (SSSR count). The van der Waals surface area contributed by atoms with Crippen LogP contribution >= 0.6 is 27.7 Å². The van der Waals surface area contributed by atoms with Gasteiger partial charge in [-0.2, -0.15) is 10.1 Å². The second kappa shape index (κ2) is 6.98. The van der Waals surface area contributed by atoms with Crippen molar-refractivity contribution >= 4 is 33.3 Å². The van der Waals surface area contributed by atoms with Gasteiger partial charge >= 0.3 is 0 Å². The average Bonchev–Trinajstić information content (AvgIpc) is 3.14. The third-order valence-corrected chi connectivity index (χ3v) is 4.51. The summed E-state index contributed by atoms with van der Waals surface area (Å²) in [5.41, 5.74) is 2.49. The van der Waals surface area contributed by atoms with Crippen molar-refractivity contribution in [1.29, 1.82) is 0 Å². The van der Waals surface area contributed by atoms with Gasteiger partial charge in [0.1, 0.15) is 16.9 Å². The molecule has 1 unspecified atom stereocenters. The lowest BCUT2D eigenvalue weighted by Gasteiger charge is -2.11. The fourth-order valence-corrected chi connectivity index (χ4v) is 3.43. The van der Waals surface area contributed by atoms with E-state index in [0.717, 1.165) is 22.0 Å². The summed E-state index contributed by atoms with van der Waals surface area (Å²) in [6, 6.07) is 0. The number of ether oxygens (including phenoxy) is 1. The van der Waals surface area contributed by atoms with Crippen molar-refractivity contribution in [3.05, 3.63) is 23.3 Å². The molecule has 3 heterocycles. The van der Waals surface area contributed by atoms with Crippen LogP contribution in [0.4, 0.5) is 0 Å². The highest BCUT2D eigenvalue weighted by Gasteiger charge is 2.16. The van der Waals surface area contributed by atoms with Crippen molar-refractivity contribution in [2.75, 3.05) is 12.4 Å². The Labute approximate surface area is 146 Å². The second-order valence-corrected chi connectivity index (χ2v) is 6.72. The van der Waals surface area contributed by atoms with Crippen LogP contribution in [0.2, 0.25) is 0 Å². The Bertz CT molecular complexity index is 817. The molecule has 0 aromatic carbocycles. The molecule has 0 spiro atoms. The van der Waals surface area contributed by atoms with E-state index in [2.05, 4.69) is 43.0 Å². The van der Waals surface area contributed by atoms with Crippen LogP contribution in [-0.4, -0.2) is 41.7 Å². The van der Waals surface area contributed by atoms with Gasteiger partial charge in [0, 0.05) is 18.4 Å². The molecule has 0 N–H and O–H groups in total. The monoisotopic (exact) mass is 396 g/mol. The van der Waals surface area contributed by atoms with Crippen LogP contribution in [0, 0.1) is 0 Å². The molecule has 1 atom stereocenters. The summed E-state index contributed by atoms with van der Waals surface area (Å²) in [5.74, 6) is 0.911. The van der Waals surface area contributed by atoms with E-state index >= 15 is 0 Å². The van der Waals surface area contributed by atoms with Gasteiger partial charge in [-0.05, 0) is 35.5 Å². The summed E-state index contributed by atoms with van der Waals surface area (Å²) in [6.45, 7) is 6.67. The van der Waals surface area contributed by atoms with E-state index in [-0.39, 0.29) is 6.23 Å². The van der Waals surface area contributed by atoms with Gasteiger partial charge in [0.15, 0.2) is 5.65 Å². The molecule has 0 saturated carbocycles. The number of aromatic nitrogens is 6. The lowest BCUT2D eigenvalue weighted by molar-refractivity contribution is 0.0160. The number of hydrogen-bond acceptors (Lipinski definition) is 6. The molecular weight excluding hydrogens is 380 g/mol. The van der Waals surface area contributed by atoms with Gasteiger partial charge in [0.05, 0.1) is 12.4 Å². The molecular formula is C14H17BrN6OS. The molecule has 23 heavy (non-hydrogen) atoms. The fourth-order valence-electron chi connectivity index (χ4n) is 2.25. The first-order valence-electron chi connectivity index (χ1n) is 7.34. The molecule has 0 aliphatic rings. The largest absolute Gasteiger partial charge is 0.357 e. The van der Waals surface area contributed by atoms with E-state index < -0.39 is 0 Å². The maximum absolute atomic E-state index is 5.57. The van der Waals surface area contributed by atoms with Gasteiger partial charge < -0.3 is 4.74 Å².